The molecule has 23 heavy (non-hydrogen) atoms. The molecular formula is C16H34O6S. The molecule has 0 saturated heterocycles. The topological polar surface area (TPSA) is 93.1 Å². The fraction of sp³-hybridized carbons (Fsp3) is 1.00. The van der Waals surface area contributed by atoms with Crippen LogP contribution in [0.4, 0.5) is 0 Å². The molecule has 0 amide bonds. The highest BCUT2D eigenvalue weighted by Gasteiger charge is 2.16. The molecule has 0 heterocycles. The minimum Gasteiger partial charge on any atom is -0.264 e. The van der Waals surface area contributed by atoms with E-state index in [9.17, 15) is 8.42 Å². The van der Waals surface area contributed by atoms with Crippen molar-refractivity contribution in [3.8, 4) is 0 Å². The molecule has 0 aliphatic rings. The molecule has 0 radical (unpaired) electrons. The third-order valence-corrected chi connectivity index (χ3v) is 4.41. The fourth-order valence-electron chi connectivity index (χ4n) is 2.65. The van der Waals surface area contributed by atoms with Crippen LogP contribution in [0.15, 0.2) is 0 Å². The second kappa shape index (κ2) is 15.3. The quantitative estimate of drug-likeness (QED) is 0.169. The standard InChI is InChI=1S/C16H34O6S/c1-2-3-4-5-6-7-8-9-10-11-13-16(14-12-15-21-17)22-23(18,19)20/h16-17H,2-15H2,1H3,(H,18,19,20). The summed E-state index contributed by atoms with van der Waals surface area (Å²) in [5.41, 5.74) is 0. The molecule has 1 atom stereocenters. The van der Waals surface area contributed by atoms with E-state index >= 15 is 0 Å². The van der Waals surface area contributed by atoms with Crippen LogP contribution in [0, 0.1) is 0 Å². The highest BCUT2D eigenvalue weighted by molar-refractivity contribution is 7.80. The first-order valence-electron chi connectivity index (χ1n) is 8.91. The lowest BCUT2D eigenvalue weighted by molar-refractivity contribution is -0.243. The molecule has 0 bridgehead atoms. The molecule has 0 aromatic carbocycles. The molecule has 0 rings (SSSR count). The monoisotopic (exact) mass is 354 g/mol. The number of rotatable bonds is 17. The summed E-state index contributed by atoms with van der Waals surface area (Å²) in [6.45, 7) is 2.35. The lowest BCUT2D eigenvalue weighted by atomic mass is 10.0. The Morgan fingerprint density at radius 3 is 1.78 bits per heavy atom. The second-order valence-corrected chi connectivity index (χ2v) is 7.14. The molecule has 0 aromatic rings. The van der Waals surface area contributed by atoms with Crippen LogP contribution < -0.4 is 0 Å². The van der Waals surface area contributed by atoms with E-state index in [1.165, 1.54) is 44.9 Å². The van der Waals surface area contributed by atoms with Crippen LogP contribution in [-0.2, 0) is 19.5 Å². The molecule has 0 aliphatic carbocycles. The smallest absolute Gasteiger partial charge is 0.264 e. The molecule has 2 N–H and O–H groups in total. The summed E-state index contributed by atoms with van der Waals surface area (Å²) < 4.78 is 35.1. The molecule has 0 saturated carbocycles. The van der Waals surface area contributed by atoms with Gasteiger partial charge in [0.05, 0.1) is 12.7 Å². The van der Waals surface area contributed by atoms with Crippen molar-refractivity contribution in [1.82, 2.24) is 0 Å². The largest absolute Gasteiger partial charge is 0.397 e. The minimum atomic E-state index is -4.43. The van der Waals surface area contributed by atoms with Crippen LogP contribution in [0.5, 0.6) is 0 Å². The Morgan fingerprint density at radius 1 is 0.826 bits per heavy atom. The Hall–Kier alpha value is -0.210. The maximum atomic E-state index is 10.8. The highest BCUT2D eigenvalue weighted by Crippen LogP contribution is 2.16. The maximum absolute atomic E-state index is 10.8. The van der Waals surface area contributed by atoms with Crippen molar-refractivity contribution in [1.29, 1.82) is 0 Å². The maximum Gasteiger partial charge on any atom is 0.397 e. The van der Waals surface area contributed by atoms with Gasteiger partial charge in [0.2, 0.25) is 0 Å². The van der Waals surface area contributed by atoms with Crippen LogP contribution in [0.25, 0.3) is 0 Å². The highest BCUT2D eigenvalue weighted by atomic mass is 32.3. The van der Waals surface area contributed by atoms with Crippen molar-refractivity contribution >= 4 is 10.4 Å². The van der Waals surface area contributed by atoms with E-state index in [1.54, 1.807) is 0 Å². The van der Waals surface area contributed by atoms with Crippen molar-refractivity contribution in [2.45, 2.75) is 96.5 Å². The number of hydrogen-bond acceptors (Lipinski definition) is 5. The SMILES string of the molecule is CCCCCCCCCCCCC(CCCOO)OS(=O)(=O)O. The average Bonchev–Trinajstić information content (AvgIpc) is 2.47. The Bertz CT molecular complexity index is 344. The molecule has 140 valence electrons. The molecule has 0 aromatic heterocycles. The lowest BCUT2D eigenvalue weighted by Crippen LogP contribution is -2.18. The summed E-state index contributed by atoms with van der Waals surface area (Å²) in [6.07, 6.45) is 13.1. The van der Waals surface area contributed by atoms with Gasteiger partial charge in [-0.15, -0.1) is 0 Å². The number of unbranched alkanes of at least 4 members (excludes halogenated alkanes) is 9. The van der Waals surface area contributed by atoms with Gasteiger partial charge >= 0.3 is 10.4 Å². The van der Waals surface area contributed by atoms with Crippen molar-refractivity contribution in [3.63, 3.8) is 0 Å². The molecular weight excluding hydrogens is 320 g/mol. The van der Waals surface area contributed by atoms with E-state index in [1.807, 2.05) is 0 Å². The summed E-state index contributed by atoms with van der Waals surface area (Å²) in [5.74, 6) is 0. The van der Waals surface area contributed by atoms with E-state index in [0.717, 1.165) is 19.3 Å². The van der Waals surface area contributed by atoms with E-state index < -0.39 is 16.5 Å². The van der Waals surface area contributed by atoms with Crippen molar-refractivity contribution in [3.05, 3.63) is 0 Å². The van der Waals surface area contributed by atoms with Crippen LogP contribution in [0.3, 0.4) is 0 Å². The van der Waals surface area contributed by atoms with Gasteiger partial charge < -0.3 is 0 Å². The predicted octanol–water partition coefficient (Wildman–Crippen LogP) is 4.76. The summed E-state index contributed by atoms with van der Waals surface area (Å²) in [5, 5.41) is 8.27. The second-order valence-electron chi connectivity index (χ2n) is 6.09. The van der Waals surface area contributed by atoms with Crippen LogP contribution in [0.1, 0.15) is 90.4 Å². The van der Waals surface area contributed by atoms with Gasteiger partial charge in [0.25, 0.3) is 0 Å². The Labute approximate surface area is 141 Å². The van der Waals surface area contributed by atoms with Crippen LogP contribution in [0.2, 0.25) is 0 Å². The van der Waals surface area contributed by atoms with Crippen LogP contribution >= 0.6 is 0 Å². The van der Waals surface area contributed by atoms with Crippen molar-refractivity contribution < 1.29 is 27.3 Å². The predicted molar refractivity (Wildman–Crippen MR) is 90.7 cm³/mol. The Morgan fingerprint density at radius 2 is 1.30 bits per heavy atom. The van der Waals surface area contributed by atoms with E-state index in [4.69, 9.17) is 9.81 Å². The van der Waals surface area contributed by atoms with E-state index in [-0.39, 0.29) is 6.61 Å². The normalized spacial score (nSPS) is 13.3. The van der Waals surface area contributed by atoms with Gasteiger partial charge in [0.15, 0.2) is 0 Å². The first-order valence-corrected chi connectivity index (χ1v) is 10.3. The zero-order chi connectivity index (χ0) is 17.4. The first kappa shape index (κ1) is 22.8. The number of hydrogen-bond donors (Lipinski definition) is 2. The molecule has 1 unspecified atom stereocenters. The van der Waals surface area contributed by atoms with E-state index in [0.29, 0.717) is 19.3 Å². The van der Waals surface area contributed by atoms with Crippen molar-refractivity contribution in [2.24, 2.45) is 0 Å². The van der Waals surface area contributed by atoms with Crippen LogP contribution in [-0.4, -0.2) is 30.9 Å². The Kier molecular flexibility index (Phi) is 15.2. The average molecular weight is 355 g/mol. The molecule has 7 heteroatoms. The van der Waals surface area contributed by atoms with Gasteiger partial charge in [-0.3, -0.25) is 9.81 Å². The third kappa shape index (κ3) is 18.0. The summed E-state index contributed by atoms with van der Waals surface area (Å²) in [6, 6.07) is 0. The fourth-order valence-corrected chi connectivity index (χ4v) is 3.18. The van der Waals surface area contributed by atoms with Gasteiger partial charge in [-0.2, -0.15) is 8.42 Å². The first-order chi connectivity index (χ1) is 11.0. The zero-order valence-electron chi connectivity index (χ0n) is 14.4. The van der Waals surface area contributed by atoms with Gasteiger partial charge in [-0.25, -0.2) is 9.07 Å². The van der Waals surface area contributed by atoms with Crippen molar-refractivity contribution in [2.75, 3.05) is 6.61 Å². The summed E-state index contributed by atoms with van der Waals surface area (Å²) in [7, 11) is -4.43. The van der Waals surface area contributed by atoms with Gasteiger partial charge in [-0.05, 0) is 19.3 Å². The zero-order valence-corrected chi connectivity index (χ0v) is 15.2. The minimum absolute atomic E-state index is 0.128. The van der Waals surface area contributed by atoms with E-state index in [2.05, 4.69) is 16.0 Å². The summed E-state index contributed by atoms with van der Waals surface area (Å²) >= 11 is 0. The third-order valence-electron chi connectivity index (χ3n) is 3.90. The molecule has 0 spiro atoms. The lowest BCUT2D eigenvalue weighted by Gasteiger charge is -2.15. The van der Waals surface area contributed by atoms with Gasteiger partial charge in [0, 0.05) is 0 Å². The van der Waals surface area contributed by atoms with Gasteiger partial charge in [-0.1, -0.05) is 71.1 Å². The summed E-state index contributed by atoms with van der Waals surface area (Å²) in [4.78, 5) is 3.96. The Balaban J connectivity index is 3.65. The molecule has 0 fully saturated rings. The van der Waals surface area contributed by atoms with Gasteiger partial charge in [0.1, 0.15) is 0 Å². The molecule has 6 nitrogen and oxygen atoms in total. The molecule has 0 aliphatic heterocycles.